The van der Waals surface area contributed by atoms with Gasteiger partial charge in [-0.2, -0.15) is 0 Å². The molecule has 1 aromatic rings. The minimum absolute atomic E-state index is 0.216. The van der Waals surface area contributed by atoms with E-state index >= 15 is 0 Å². The molecule has 1 rings (SSSR count). The summed E-state index contributed by atoms with van der Waals surface area (Å²) in [6.07, 6.45) is 0. The zero-order valence-electron chi connectivity index (χ0n) is 10.2. The molecule has 0 heterocycles. The molecule has 1 aromatic carbocycles. The number of aryl methyl sites for hydroxylation is 2. The van der Waals surface area contributed by atoms with Gasteiger partial charge in [-0.05, 0) is 42.5 Å². The van der Waals surface area contributed by atoms with Gasteiger partial charge in [0.05, 0.1) is 4.99 Å². The second kappa shape index (κ2) is 5.28. The van der Waals surface area contributed by atoms with Gasteiger partial charge >= 0.3 is 0 Å². The summed E-state index contributed by atoms with van der Waals surface area (Å²) < 4.78 is 1.14. The third kappa shape index (κ3) is 2.83. The third-order valence-electron chi connectivity index (χ3n) is 3.30. The van der Waals surface area contributed by atoms with Crippen molar-refractivity contribution in [1.82, 2.24) is 0 Å². The molecule has 88 valence electrons. The fourth-order valence-corrected chi connectivity index (χ4v) is 2.69. The van der Waals surface area contributed by atoms with Gasteiger partial charge in [0, 0.05) is 10.4 Å². The molecule has 2 atom stereocenters. The van der Waals surface area contributed by atoms with Crippen molar-refractivity contribution >= 4 is 33.1 Å². The van der Waals surface area contributed by atoms with Crippen molar-refractivity contribution in [2.75, 3.05) is 0 Å². The highest BCUT2D eigenvalue weighted by Crippen LogP contribution is 2.32. The van der Waals surface area contributed by atoms with Gasteiger partial charge in [-0.3, -0.25) is 0 Å². The van der Waals surface area contributed by atoms with E-state index in [0.29, 0.717) is 10.9 Å². The molecular weight excluding hydrogens is 282 g/mol. The van der Waals surface area contributed by atoms with E-state index in [4.69, 9.17) is 18.0 Å². The monoisotopic (exact) mass is 299 g/mol. The topological polar surface area (TPSA) is 26.0 Å². The van der Waals surface area contributed by atoms with Crippen molar-refractivity contribution in [2.45, 2.75) is 33.6 Å². The summed E-state index contributed by atoms with van der Waals surface area (Å²) >= 11 is 8.67. The fraction of sp³-hybridized carbons (Fsp3) is 0.462. The van der Waals surface area contributed by atoms with Gasteiger partial charge in [0.15, 0.2) is 0 Å². The van der Waals surface area contributed by atoms with E-state index in [-0.39, 0.29) is 5.92 Å². The van der Waals surface area contributed by atoms with Crippen LogP contribution in [0.1, 0.15) is 36.5 Å². The first-order valence-electron chi connectivity index (χ1n) is 5.40. The first-order valence-corrected chi connectivity index (χ1v) is 6.60. The molecule has 0 aromatic heterocycles. The summed E-state index contributed by atoms with van der Waals surface area (Å²) in [6, 6.07) is 4.38. The molecule has 0 bridgehead atoms. The molecule has 0 aliphatic rings. The zero-order valence-corrected chi connectivity index (χ0v) is 12.6. The first kappa shape index (κ1) is 13.7. The normalized spacial score (nSPS) is 14.6. The maximum Gasteiger partial charge on any atom is 0.0761 e. The third-order valence-corrected chi connectivity index (χ3v) is 4.36. The predicted molar refractivity (Wildman–Crippen MR) is 78.0 cm³/mol. The van der Waals surface area contributed by atoms with Crippen LogP contribution in [0, 0.1) is 19.8 Å². The molecule has 1 nitrogen and oxygen atoms in total. The molecule has 0 spiro atoms. The van der Waals surface area contributed by atoms with E-state index in [1.165, 1.54) is 16.7 Å². The van der Waals surface area contributed by atoms with Crippen LogP contribution in [0.15, 0.2) is 16.6 Å². The quantitative estimate of drug-likeness (QED) is 0.851. The van der Waals surface area contributed by atoms with Crippen molar-refractivity contribution in [3.05, 3.63) is 33.3 Å². The highest BCUT2D eigenvalue weighted by atomic mass is 79.9. The zero-order chi connectivity index (χ0) is 12.5. The number of hydrogen-bond donors (Lipinski definition) is 1. The van der Waals surface area contributed by atoms with E-state index in [1.54, 1.807) is 0 Å². The highest BCUT2D eigenvalue weighted by Gasteiger charge is 2.19. The maximum atomic E-state index is 5.71. The summed E-state index contributed by atoms with van der Waals surface area (Å²) in [5.74, 6) is 0.555. The van der Waals surface area contributed by atoms with Crippen LogP contribution >= 0.6 is 28.1 Å². The molecule has 0 saturated carbocycles. The van der Waals surface area contributed by atoms with Crippen LogP contribution < -0.4 is 5.73 Å². The van der Waals surface area contributed by atoms with Gasteiger partial charge in [-0.25, -0.2) is 0 Å². The molecule has 16 heavy (non-hydrogen) atoms. The summed E-state index contributed by atoms with van der Waals surface area (Å²) in [6.45, 7) is 8.49. The second-order valence-electron chi connectivity index (χ2n) is 4.44. The molecular formula is C13H18BrNS. The van der Waals surface area contributed by atoms with Gasteiger partial charge < -0.3 is 5.73 Å². The molecule has 2 unspecified atom stereocenters. The van der Waals surface area contributed by atoms with Crippen LogP contribution in [-0.2, 0) is 0 Å². The number of halogens is 1. The van der Waals surface area contributed by atoms with Crippen molar-refractivity contribution in [1.29, 1.82) is 0 Å². The van der Waals surface area contributed by atoms with E-state index < -0.39 is 0 Å². The lowest BCUT2D eigenvalue weighted by molar-refractivity contribution is 0.623. The van der Waals surface area contributed by atoms with Gasteiger partial charge in [0.25, 0.3) is 0 Å². The SMILES string of the molecule is Cc1cc(Br)c(C(C)C(C)C(N)=S)cc1C. The summed E-state index contributed by atoms with van der Waals surface area (Å²) in [7, 11) is 0. The molecule has 0 saturated heterocycles. The average Bonchev–Trinajstić information content (AvgIpc) is 2.21. The van der Waals surface area contributed by atoms with Crippen LogP contribution in [0.3, 0.4) is 0 Å². The number of rotatable bonds is 3. The number of benzene rings is 1. The van der Waals surface area contributed by atoms with Crippen molar-refractivity contribution in [3.8, 4) is 0 Å². The molecule has 0 amide bonds. The fourth-order valence-electron chi connectivity index (χ4n) is 1.67. The molecule has 0 radical (unpaired) electrons. The summed E-state index contributed by atoms with van der Waals surface area (Å²) in [5.41, 5.74) is 9.59. The van der Waals surface area contributed by atoms with Crippen molar-refractivity contribution in [2.24, 2.45) is 11.7 Å². The largest absolute Gasteiger partial charge is 0.393 e. The van der Waals surface area contributed by atoms with Crippen LogP contribution in [0.25, 0.3) is 0 Å². The van der Waals surface area contributed by atoms with E-state index in [0.717, 1.165) is 4.47 Å². The first-order chi connectivity index (χ1) is 7.34. The number of thiocarbonyl (C=S) groups is 1. The minimum Gasteiger partial charge on any atom is -0.393 e. The van der Waals surface area contributed by atoms with Crippen LogP contribution in [0.5, 0.6) is 0 Å². The Morgan fingerprint density at radius 2 is 1.75 bits per heavy atom. The van der Waals surface area contributed by atoms with Gasteiger partial charge in [-0.1, -0.05) is 48.1 Å². The number of hydrogen-bond acceptors (Lipinski definition) is 1. The second-order valence-corrected chi connectivity index (χ2v) is 5.76. The Kier molecular flexibility index (Phi) is 4.51. The standard InChI is InChI=1S/C13H18BrNS/c1-7-5-11(12(14)6-8(7)2)9(3)10(4)13(15)16/h5-6,9-10H,1-4H3,(H2,15,16). The van der Waals surface area contributed by atoms with E-state index in [9.17, 15) is 0 Å². The predicted octanol–water partition coefficient (Wildman–Crippen LogP) is 4.09. The Hall–Kier alpha value is -0.410. The minimum atomic E-state index is 0.216. The van der Waals surface area contributed by atoms with Crippen molar-refractivity contribution in [3.63, 3.8) is 0 Å². The van der Waals surface area contributed by atoms with E-state index in [2.05, 4.69) is 55.8 Å². The highest BCUT2D eigenvalue weighted by molar-refractivity contribution is 9.10. The van der Waals surface area contributed by atoms with Crippen molar-refractivity contribution < 1.29 is 0 Å². The summed E-state index contributed by atoms with van der Waals surface area (Å²) in [4.78, 5) is 0.581. The lowest BCUT2D eigenvalue weighted by atomic mass is 9.87. The number of nitrogens with two attached hydrogens (primary N) is 1. The maximum absolute atomic E-state index is 5.71. The van der Waals surface area contributed by atoms with Crippen LogP contribution in [0.4, 0.5) is 0 Å². The Morgan fingerprint density at radius 3 is 2.25 bits per heavy atom. The van der Waals surface area contributed by atoms with Gasteiger partial charge in [0.1, 0.15) is 0 Å². The smallest absolute Gasteiger partial charge is 0.0761 e. The van der Waals surface area contributed by atoms with Gasteiger partial charge in [-0.15, -0.1) is 0 Å². The van der Waals surface area contributed by atoms with Gasteiger partial charge in [0.2, 0.25) is 0 Å². The Bertz CT molecular complexity index is 415. The molecule has 3 heteroatoms. The average molecular weight is 300 g/mol. The molecule has 0 fully saturated rings. The summed E-state index contributed by atoms with van der Waals surface area (Å²) in [5, 5.41) is 0. The molecule has 0 aliphatic carbocycles. The lowest BCUT2D eigenvalue weighted by Crippen LogP contribution is -2.23. The van der Waals surface area contributed by atoms with Crippen LogP contribution in [0.2, 0.25) is 0 Å². The Balaban J connectivity index is 3.13. The molecule has 0 aliphatic heterocycles. The lowest BCUT2D eigenvalue weighted by Gasteiger charge is -2.21. The Morgan fingerprint density at radius 1 is 1.25 bits per heavy atom. The van der Waals surface area contributed by atoms with E-state index in [1.807, 2.05) is 0 Å². The Labute approximate surface area is 112 Å². The van der Waals surface area contributed by atoms with Crippen LogP contribution in [-0.4, -0.2) is 4.99 Å². The molecule has 2 N–H and O–H groups in total.